The molecule has 9 nitrogen and oxygen atoms in total. The third-order valence-electron chi connectivity index (χ3n) is 6.72. The molecule has 4 heterocycles. The van der Waals surface area contributed by atoms with E-state index in [-0.39, 0.29) is 22.9 Å². The number of aromatic nitrogens is 5. The Morgan fingerprint density at radius 3 is 2.79 bits per heavy atom. The van der Waals surface area contributed by atoms with Gasteiger partial charge in [0.05, 0.1) is 11.6 Å². The number of carbonyl (C=O) groups is 1. The summed E-state index contributed by atoms with van der Waals surface area (Å²) in [5, 5.41) is 8.75. The van der Waals surface area contributed by atoms with E-state index in [1.165, 1.54) is 9.20 Å². The Kier molecular flexibility index (Phi) is 5.11. The highest BCUT2D eigenvalue weighted by Gasteiger charge is 2.30. The van der Waals surface area contributed by atoms with Crippen molar-refractivity contribution in [2.45, 2.75) is 45.6 Å². The SMILES string of the molecule is Cc1nc2cc([C@@H]3CCCN(C(=O)[C@@H](C)n4ncc5ccccc5c4=O)C3)[nH]n2c(=O)c1C. The molecule has 9 heteroatoms. The van der Waals surface area contributed by atoms with Gasteiger partial charge in [0.1, 0.15) is 6.04 Å². The summed E-state index contributed by atoms with van der Waals surface area (Å²) in [6, 6.07) is 8.42. The van der Waals surface area contributed by atoms with Crippen molar-refractivity contribution < 1.29 is 4.79 Å². The average Bonchev–Trinajstić information content (AvgIpc) is 3.26. The van der Waals surface area contributed by atoms with Crippen LogP contribution >= 0.6 is 0 Å². The van der Waals surface area contributed by atoms with Gasteiger partial charge in [-0.2, -0.15) is 5.10 Å². The number of hydrogen-bond donors (Lipinski definition) is 1. The highest BCUT2D eigenvalue weighted by molar-refractivity contribution is 5.82. The Morgan fingerprint density at radius 2 is 1.97 bits per heavy atom. The highest BCUT2D eigenvalue weighted by atomic mass is 16.2. The van der Waals surface area contributed by atoms with Gasteiger partial charge in [0, 0.05) is 47.4 Å². The second kappa shape index (κ2) is 7.99. The molecule has 0 radical (unpaired) electrons. The Labute approximate surface area is 189 Å². The second-order valence-corrected chi connectivity index (χ2v) is 8.81. The molecule has 1 aliphatic rings. The Bertz CT molecular complexity index is 1500. The monoisotopic (exact) mass is 446 g/mol. The lowest BCUT2D eigenvalue weighted by Gasteiger charge is -2.34. The molecule has 5 rings (SSSR count). The van der Waals surface area contributed by atoms with E-state index >= 15 is 0 Å². The fourth-order valence-electron chi connectivity index (χ4n) is 4.63. The van der Waals surface area contributed by atoms with Crippen molar-refractivity contribution in [1.29, 1.82) is 0 Å². The summed E-state index contributed by atoms with van der Waals surface area (Å²) in [5.74, 6) is -0.0828. The maximum atomic E-state index is 13.3. The first kappa shape index (κ1) is 21.1. The molecule has 3 aromatic heterocycles. The normalized spacial score (nSPS) is 17.5. The molecule has 1 amide bonds. The first-order valence-electron chi connectivity index (χ1n) is 11.2. The number of nitrogens with one attached hydrogen (secondary N) is 1. The molecule has 170 valence electrons. The van der Waals surface area contributed by atoms with Gasteiger partial charge < -0.3 is 4.90 Å². The number of nitrogens with zero attached hydrogens (tertiary/aromatic N) is 5. The lowest BCUT2D eigenvalue weighted by Crippen LogP contribution is -2.44. The van der Waals surface area contributed by atoms with Crippen molar-refractivity contribution >= 4 is 22.3 Å². The zero-order valence-electron chi connectivity index (χ0n) is 18.9. The number of benzene rings is 1. The number of amides is 1. The third-order valence-corrected chi connectivity index (χ3v) is 6.72. The fraction of sp³-hybridized carbons (Fsp3) is 0.375. The minimum atomic E-state index is -0.710. The maximum Gasteiger partial charge on any atom is 0.275 e. The van der Waals surface area contributed by atoms with Gasteiger partial charge in [0.25, 0.3) is 11.1 Å². The van der Waals surface area contributed by atoms with Crippen molar-refractivity contribution in [1.82, 2.24) is 29.3 Å². The van der Waals surface area contributed by atoms with E-state index < -0.39 is 6.04 Å². The van der Waals surface area contributed by atoms with Crippen molar-refractivity contribution in [3.63, 3.8) is 0 Å². The van der Waals surface area contributed by atoms with Gasteiger partial charge in [-0.3, -0.25) is 19.5 Å². The van der Waals surface area contributed by atoms with E-state index in [0.717, 1.165) is 23.9 Å². The van der Waals surface area contributed by atoms with Crippen molar-refractivity contribution in [3.05, 3.63) is 74.2 Å². The van der Waals surface area contributed by atoms with Gasteiger partial charge in [0.15, 0.2) is 5.65 Å². The molecular formula is C24H26N6O3. The lowest BCUT2D eigenvalue weighted by molar-refractivity contribution is -0.135. The van der Waals surface area contributed by atoms with Gasteiger partial charge in [-0.1, -0.05) is 18.2 Å². The summed E-state index contributed by atoms with van der Waals surface area (Å²) in [5.41, 5.74) is 2.42. The number of likely N-dealkylation sites (tertiary alicyclic amines) is 1. The number of rotatable bonds is 3. The molecule has 0 aliphatic carbocycles. The maximum absolute atomic E-state index is 13.3. The quantitative estimate of drug-likeness (QED) is 0.520. The summed E-state index contributed by atoms with van der Waals surface area (Å²) in [6.45, 7) is 6.44. The van der Waals surface area contributed by atoms with Crippen LogP contribution in [0, 0.1) is 13.8 Å². The van der Waals surface area contributed by atoms with E-state index in [0.29, 0.717) is 35.4 Å². The predicted octanol–water partition coefficient (Wildman–Crippen LogP) is 2.32. The first-order chi connectivity index (χ1) is 15.8. The Morgan fingerprint density at radius 1 is 1.18 bits per heavy atom. The molecule has 2 atom stereocenters. The zero-order valence-corrected chi connectivity index (χ0v) is 18.9. The van der Waals surface area contributed by atoms with Crippen molar-refractivity contribution in [2.75, 3.05) is 13.1 Å². The van der Waals surface area contributed by atoms with Crippen LogP contribution in [-0.2, 0) is 4.79 Å². The van der Waals surface area contributed by atoms with Crippen LogP contribution in [-0.4, -0.2) is 48.3 Å². The van der Waals surface area contributed by atoms with Crippen LogP contribution in [0.5, 0.6) is 0 Å². The van der Waals surface area contributed by atoms with E-state index in [2.05, 4.69) is 15.2 Å². The fourth-order valence-corrected chi connectivity index (χ4v) is 4.63. The Hall–Kier alpha value is -3.75. The molecule has 0 bridgehead atoms. The van der Waals surface area contributed by atoms with Crippen molar-refractivity contribution in [2.24, 2.45) is 0 Å². The summed E-state index contributed by atoms with van der Waals surface area (Å²) in [7, 11) is 0. The van der Waals surface area contributed by atoms with Gasteiger partial charge in [0.2, 0.25) is 5.91 Å². The number of aryl methyl sites for hydroxylation is 1. The van der Waals surface area contributed by atoms with Crippen LogP contribution in [0.1, 0.15) is 48.7 Å². The molecule has 1 fully saturated rings. The standard InChI is InChI=1S/C24H26N6O3/c1-14-15(2)26-21-11-20(27-30(21)22(14)31)18-8-6-10-28(13-18)23(32)16(3)29-24(33)19-9-5-4-7-17(19)12-25-29/h4-5,7,9,11-12,16,18,27H,6,8,10,13H2,1-3H3/t16-,18-/m1/s1. The largest absolute Gasteiger partial charge is 0.340 e. The Balaban J connectivity index is 1.41. The summed E-state index contributed by atoms with van der Waals surface area (Å²) in [4.78, 5) is 45.1. The smallest absolute Gasteiger partial charge is 0.275 e. The molecule has 0 unspecified atom stereocenters. The number of fused-ring (bicyclic) bond motifs is 2. The van der Waals surface area contributed by atoms with Crippen LogP contribution in [0.25, 0.3) is 16.4 Å². The molecule has 1 aromatic carbocycles. The molecule has 33 heavy (non-hydrogen) atoms. The minimum Gasteiger partial charge on any atom is -0.340 e. The van der Waals surface area contributed by atoms with E-state index in [4.69, 9.17) is 0 Å². The van der Waals surface area contributed by atoms with Gasteiger partial charge in [-0.15, -0.1) is 0 Å². The number of H-pyrrole nitrogens is 1. The van der Waals surface area contributed by atoms with E-state index in [1.807, 2.05) is 25.1 Å². The topological polar surface area (TPSA) is 105 Å². The highest BCUT2D eigenvalue weighted by Crippen LogP contribution is 2.27. The van der Waals surface area contributed by atoms with Crippen molar-refractivity contribution in [3.8, 4) is 0 Å². The molecular weight excluding hydrogens is 420 g/mol. The number of aromatic amines is 1. The molecule has 4 aromatic rings. The van der Waals surface area contributed by atoms with Gasteiger partial charge >= 0.3 is 0 Å². The summed E-state index contributed by atoms with van der Waals surface area (Å²) >= 11 is 0. The van der Waals surface area contributed by atoms with Crippen LogP contribution in [0.15, 0.2) is 46.1 Å². The van der Waals surface area contributed by atoms with Crippen LogP contribution in [0.3, 0.4) is 0 Å². The first-order valence-corrected chi connectivity index (χ1v) is 11.2. The number of carbonyl (C=O) groups excluding carboxylic acids is 1. The third kappa shape index (κ3) is 3.53. The molecule has 1 saturated heterocycles. The summed E-state index contributed by atoms with van der Waals surface area (Å²) in [6.07, 6.45) is 3.35. The molecule has 0 spiro atoms. The molecule has 0 saturated carbocycles. The number of piperidine rings is 1. The molecule has 1 N–H and O–H groups in total. The minimum absolute atomic E-state index is 0.0536. The van der Waals surface area contributed by atoms with Crippen LogP contribution in [0.2, 0.25) is 0 Å². The van der Waals surface area contributed by atoms with Crippen LogP contribution in [0.4, 0.5) is 0 Å². The number of hydrogen-bond acceptors (Lipinski definition) is 5. The van der Waals surface area contributed by atoms with Gasteiger partial charge in [-0.25, -0.2) is 14.2 Å². The summed E-state index contributed by atoms with van der Waals surface area (Å²) < 4.78 is 2.74. The lowest BCUT2D eigenvalue weighted by atomic mass is 9.94. The van der Waals surface area contributed by atoms with Crippen LogP contribution < -0.4 is 11.1 Å². The average molecular weight is 447 g/mol. The second-order valence-electron chi connectivity index (χ2n) is 8.81. The molecule has 1 aliphatic heterocycles. The van der Waals surface area contributed by atoms with E-state index in [9.17, 15) is 14.4 Å². The van der Waals surface area contributed by atoms with E-state index in [1.54, 1.807) is 37.1 Å². The zero-order chi connectivity index (χ0) is 23.3. The van der Waals surface area contributed by atoms with Gasteiger partial charge in [-0.05, 0) is 39.7 Å². The predicted molar refractivity (Wildman–Crippen MR) is 125 cm³/mol.